The van der Waals surface area contributed by atoms with Crippen LogP contribution >= 0.6 is 0 Å². The number of fused-ring (bicyclic) bond motifs is 3. The standard InChI is InChI=1S/C29H36N2O3/c1-6-15-28(33)16-17-29(19-21-7-11-24(12-8-21)30(2)3)23(20-28)10-9-22-18-25(13-14-26(22)29)34-27(32)31(4)5/h7-8,11-14,18,23,33H,9-10,16-17,19-20H2,1-5H3/t23-,28?,29+/m1/s1. The first kappa shape index (κ1) is 24.2. The van der Waals surface area contributed by atoms with Crippen molar-refractivity contribution in [3.63, 3.8) is 0 Å². The zero-order valence-corrected chi connectivity index (χ0v) is 21.0. The fourth-order valence-electron chi connectivity index (χ4n) is 5.87. The minimum Gasteiger partial charge on any atom is -0.410 e. The Morgan fingerprint density at radius 1 is 1.12 bits per heavy atom. The second-order valence-electron chi connectivity index (χ2n) is 10.3. The predicted molar refractivity (Wildman–Crippen MR) is 136 cm³/mol. The van der Waals surface area contributed by atoms with Gasteiger partial charge in [0.05, 0.1) is 0 Å². The molecule has 5 heteroatoms. The summed E-state index contributed by atoms with van der Waals surface area (Å²) >= 11 is 0. The van der Waals surface area contributed by atoms with Gasteiger partial charge in [-0.25, -0.2) is 4.79 Å². The van der Waals surface area contributed by atoms with E-state index in [-0.39, 0.29) is 11.5 Å². The summed E-state index contributed by atoms with van der Waals surface area (Å²) in [5, 5.41) is 11.2. The highest BCUT2D eigenvalue weighted by Gasteiger charge is 2.51. The molecule has 1 N–H and O–H groups in total. The van der Waals surface area contributed by atoms with Crippen molar-refractivity contribution in [2.24, 2.45) is 5.92 Å². The second-order valence-corrected chi connectivity index (χ2v) is 10.3. The smallest absolute Gasteiger partial charge is 0.410 e. The number of anilines is 1. The molecule has 2 aliphatic carbocycles. The molecule has 180 valence electrons. The molecule has 0 spiro atoms. The third-order valence-electron chi connectivity index (χ3n) is 7.63. The summed E-state index contributed by atoms with van der Waals surface area (Å²) in [5.74, 6) is 6.97. The molecule has 1 saturated carbocycles. The summed E-state index contributed by atoms with van der Waals surface area (Å²) in [5.41, 5.74) is 4.09. The van der Waals surface area contributed by atoms with E-state index in [0.29, 0.717) is 24.5 Å². The van der Waals surface area contributed by atoms with Crippen molar-refractivity contribution in [2.45, 2.75) is 56.5 Å². The lowest BCUT2D eigenvalue weighted by atomic mass is 9.52. The predicted octanol–water partition coefficient (Wildman–Crippen LogP) is 4.79. The molecule has 2 aromatic carbocycles. The van der Waals surface area contributed by atoms with E-state index in [4.69, 9.17) is 4.74 Å². The van der Waals surface area contributed by atoms with E-state index < -0.39 is 5.60 Å². The molecule has 2 aromatic rings. The van der Waals surface area contributed by atoms with Gasteiger partial charge >= 0.3 is 6.09 Å². The highest BCUT2D eigenvalue weighted by molar-refractivity contribution is 5.70. The van der Waals surface area contributed by atoms with Crippen LogP contribution in [0, 0.1) is 17.8 Å². The zero-order valence-electron chi connectivity index (χ0n) is 21.0. The molecule has 1 unspecified atom stereocenters. The molecular formula is C29H36N2O3. The maximum atomic E-state index is 12.1. The molecule has 0 aromatic heterocycles. The fourth-order valence-corrected chi connectivity index (χ4v) is 5.87. The van der Waals surface area contributed by atoms with Gasteiger partial charge in [-0.05, 0) is 92.3 Å². The van der Waals surface area contributed by atoms with E-state index in [1.165, 1.54) is 27.3 Å². The third kappa shape index (κ3) is 4.65. The Morgan fingerprint density at radius 2 is 1.85 bits per heavy atom. The average molecular weight is 461 g/mol. The number of benzene rings is 2. The van der Waals surface area contributed by atoms with Gasteiger partial charge < -0.3 is 19.6 Å². The molecule has 3 atom stereocenters. The maximum absolute atomic E-state index is 12.1. The van der Waals surface area contributed by atoms with Gasteiger partial charge in [0.25, 0.3) is 0 Å². The Labute approximate surface area is 203 Å². The zero-order chi connectivity index (χ0) is 24.5. The van der Waals surface area contributed by atoms with Gasteiger partial charge in [0.15, 0.2) is 0 Å². The number of carbonyl (C=O) groups is 1. The molecule has 2 aliphatic rings. The molecule has 0 radical (unpaired) electrons. The average Bonchev–Trinajstić information content (AvgIpc) is 2.80. The largest absolute Gasteiger partial charge is 0.414 e. The maximum Gasteiger partial charge on any atom is 0.414 e. The van der Waals surface area contributed by atoms with Gasteiger partial charge in [-0.15, -0.1) is 5.92 Å². The van der Waals surface area contributed by atoms with Crippen LogP contribution in [0.3, 0.4) is 0 Å². The molecule has 34 heavy (non-hydrogen) atoms. The van der Waals surface area contributed by atoms with Crippen LogP contribution < -0.4 is 9.64 Å². The summed E-state index contributed by atoms with van der Waals surface area (Å²) in [6, 6.07) is 14.9. The fraction of sp³-hybridized carbons (Fsp3) is 0.483. The van der Waals surface area contributed by atoms with E-state index in [1.807, 2.05) is 12.1 Å². The van der Waals surface area contributed by atoms with Crippen molar-refractivity contribution in [3.8, 4) is 17.6 Å². The van der Waals surface area contributed by atoms with Crippen molar-refractivity contribution in [3.05, 3.63) is 59.2 Å². The lowest BCUT2D eigenvalue weighted by molar-refractivity contribution is -0.00804. The quantitative estimate of drug-likeness (QED) is 0.667. The lowest BCUT2D eigenvalue weighted by Crippen LogP contribution is -2.50. The van der Waals surface area contributed by atoms with Gasteiger partial charge in [0.1, 0.15) is 11.4 Å². The van der Waals surface area contributed by atoms with Gasteiger partial charge in [0.2, 0.25) is 0 Å². The van der Waals surface area contributed by atoms with Crippen molar-refractivity contribution in [1.82, 2.24) is 4.90 Å². The van der Waals surface area contributed by atoms with Crippen LogP contribution in [0.25, 0.3) is 0 Å². The first-order valence-corrected chi connectivity index (χ1v) is 12.1. The molecule has 0 aliphatic heterocycles. The minimum absolute atomic E-state index is 0.0705. The monoisotopic (exact) mass is 460 g/mol. The topological polar surface area (TPSA) is 53.0 Å². The highest BCUT2D eigenvalue weighted by Crippen LogP contribution is 2.54. The van der Waals surface area contributed by atoms with Crippen LogP contribution in [0.4, 0.5) is 10.5 Å². The van der Waals surface area contributed by atoms with Crippen molar-refractivity contribution in [1.29, 1.82) is 0 Å². The third-order valence-corrected chi connectivity index (χ3v) is 7.63. The van der Waals surface area contributed by atoms with Gasteiger partial charge in [-0.1, -0.05) is 24.1 Å². The summed E-state index contributed by atoms with van der Waals surface area (Å²) in [6.45, 7) is 1.80. The second kappa shape index (κ2) is 9.35. The molecular weight excluding hydrogens is 424 g/mol. The molecule has 5 nitrogen and oxygen atoms in total. The normalized spacial score (nSPS) is 25.3. The van der Waals surface area contributed by atoms with Crippen molar-refractivity contribution < 1.29 is 14.6 Å². The van der Waals surface area contributed by atoms with Crippen molar-refractivity contribution >= 4 is 11.8 Å². The Kier molecular flexibility index (Phi) is 6.64. The number of carbonyl (C=O) groups excluding carboxylic acids is 1. The molecule has 1 amide bonds. The first-order valence-electron chi connectivity index (χ1n) is 12.1. The van der Waals surface area contributed by atoms with E-state index in [0.717, 1.165) is 25.7 Å². The molecule has 0 bridgehead atoms. The van der Waals surface area contributed by atoms with E-state index in [2.05, 4.69) is 61.2 Å². The first-order chi connectivity index (χ1) is 16.2. The van der Waals surface area contributed by atoms with Crippen LogP contribution in [0.5, 0.6) is 5.75 Å². The minimum atomic E-state index is -0.906. The Bertz CT molecular complexity index is 1110. The lowest BCUT2D eigenvalue weighted by Gasteiger charge is -2.52. The van der Waals surface area contributed by atoms with Crippen LogP contribution in [-0.2, 0) is 18.3 Å². The molecule has 4 rings (SSSR count). The number of aryl methyl sites for hydroxylation is 1. The Hall–Kier alpha value is -2.97. The van der Waals surface area contributed by atoms with Crippen LogP contribution in [0.2, 0.25) is 0 Å². The Morgan fingerprint density at radius 3 is 2.50 bits per heavy atom. The number of aliphatic hydroxyl groups is 1. The summed E-state index contributed by atoms with van der Waals surface area (Å²) in [4.78, 5) is 15.6. The number of amides is 1. The van der Waals surface area contributed by atoms with E-state index in [1.54, 1.807) is 21.0 Å². The number of ether oxygens (including phenoxy) is 1. The van der Waals surface area contributed by atoms with E-state index >= 15 is 0 Å². The number of rotatable bonds is 4. The highest BCUT2D eigenvalue weighted by atomic mass is 16.6. The van der Waals surface area contributed by atoms with Gasteiger partial charge in [-0.3, -0.25) is 0 Å². The molecule has 0 heterocycles. The number of hydrogen-bond donors (Lipinski definition) is 1. The summed E-state index contributed by atoms with van der Waals surface area (Å²) < 4.78 is 5.55. The Balaban J connectivity index is 1.72. The van der Waals surface area contributed by atoms with Crippen LogP contribution in [0.1, 0.15) is 49.3 Å². The summed E-state index contributed by atoms with van der Waals surface area (Å²) in [6.07, 6.45) is 4.68. The van der Waals surface area contributed by atoms with E-state index in [9.17, 15) is 9.90 Å². The van der Waals surface area contributed by atoms with Gasteiger partial charge in [0, 0.05) is 39.3 Å². The van der Waals surface area contributed by atoms with Crippen LogP contribution in [0.15, 0.2) is 42.5 Å². The van der Waals surface area contributed by atoms with Gasteiger partial charge in [-0.2, -0.15) is 0 Å². The number of hydrogen-bond acceptors (Lipinski definition) is 4. The molecule has 0 saturated heterocycles. The summed E-state index contributed by atoms with van der Waals surface area (Å²) in [7, 11) is 7.48. The molecule has 1 fully saturated rings. The van der Waals surface area contributed by atoms with Crippen LogP contribution in [-0.4, -0.2) is 49.9 Å². The van der Waals surface area contributed by atoms with Crippen molar-refractivity contribution in [2.75, 3.05) is 33.1 Å². The SMILES string of the molecule is CC#CC1(O)CC[C@@]2(Cc3ccc(N(C)C)cc3)c3ccc(OC(=O)N(C)C)cc3CC[C@@H]2C1. The number of nitrogens with zero attached hydrogens (tertiary/aromatic N) is 2.